The lowest BCUT2D eigenvalue weighted by molar-refractivity contribution is 0.0682. The third-order valence-electron chi connectivity index (χ3n) is 3.56. The van der Waals surface area contributed by atoms with Crippen molar-refractivity contribution in [3.05, 3.63) is 34.9 Å². The van der Waals surface area contributed by atoms with E-state index in [-0.39, 0.29) is 5.91 Å². The first kappa shape index (κ1) is 12.2. The van der Waals surface area contributed by atoms with Crippen molar-refractivity contribution in [1.29, 1.82) is 0 Å². The Morgan fingerprint density at radius 2 is 2.12 bits per heavy atom. The maximum Gasteiger partial charge on any atom is 0.254 e. The molecule has 1 amide bonds. The highest BCUT2D eigenvalue weighted by Gasteiger charge is 2.22. The summed E-state index contributed by atoms with van der Waals surface area (Å²) in [6, 6.07) is 6.07. The lowest BCUT2D eigenvalue weighted by Crippen LogP contribution is -2.39. The van der Waals surface area contributed by atoms with Crippen LogP contribution in [0, 0.1) is 19.8 Å². The van der Waals surface area contributed by atoms with E-state index in [1.807, 2.05) is 24.0 Å². The van der Waals surface area contributed by atoms with Gasteiger partial charge in [-0.05, 0) is 44.2 Å². The van der Waals surface area contributed by atoms with Crippen molar-refractivity contribution in [3.63, 3.8) is 0 Å². The molecule has 0 aliphatic carbocycles. The van der Waals surface area contributed by atoms with Gasteiger partial charge in [-0.1, -0.05) is 24.6 Å². The SMILES string of the molecule is Cc1ccc(C(=O)N2CCCC(C)C2)c(C)c1. The lowest BCUT2D eigenvalue weighted by atomic mass is 9.98. The zero-order chi connectivity index (χ0) is 12.4. The van der Waals surface area contributed by atoms with Gasteiger partial charge < -0.3 is 4.90 Å². The highest BCUT2D eigenvalue weighted by Crippen LogP contribution is 2.19. The van der Waals surface area contributed by atoms with Gasteiger partial charge in [0.1, 0.15) is 0 Å². The zero-order valence-electron chi connectivity index (χ0n) is 11.0. The normalized spacial score (nSPS) is 20.4. The van der Waals surface area contributed by atoms with Crippen LogP contribution in [0.4, 0.5) is 0 Å². The van der Waals surface area contributed by atoms with E-state index in [9.17, 15) is 4.79 Å². The van der Waals surface area contributed by atoms with Crippen LogP contribution in [-0.2, 0) is 0 Å². The smallest absolute Gasteiger partial charge is 0.254 e. The summed E-state index contributed by atoms with van der Waals surface area (Å²) in [5.41, 5.74) is 3.17. The molecule has 2 rings (SSSR count). The molecule has 17 heavy (non-hydrogen) atoms. The van der Waals surface area contributed by atoms with Gasteiger partial charge in [-0.15, -0.1) is 0 Å². The van der Waals surface area contributed by atoms with Gasteiger partial charge in [0.2, 0.25) is 0 Å². The highest BCUT2D eigenvalue weighted by atomic mass is 16.2. The largest absolute Gasteiger partial charge is 0.338 e. The topological polar surface area (TPSA) is 20.3 Å². The van der Waals surface area contributed by atoms with Crippen molar-refractivity contribution in [2.24, 2.45) is 5.92 Å². The van der Waals surface area contributed by atoms with Crippen LogP contribution in [0.25, 0.3) is 0 Å². The molecule has 92 valence electrons. The Kier molecular flexibility index (Phi) is 3.51. The average molecular weight is 231 g/mol. The van der Waals surface area contributed by atoms with E-state index < -0.39 is 0 Å². The van der Waals surface area contributed by atoms with E-state index in [1.54, 1.807) is 0 Å². The molecule has 0 aromatic heterocycles. The molecule has 2 nitrogen and oxygen atoms in total. The molecular weight excluding hydrogens is 210 g/mol. The number of likely N-dealkylation sites (tertiary alicyclic amines) is 1. The van der Waals surface area contributed by atoms with E-state index in [0.29, 0.717) is 5.92 Å². The number of carbonyl (C=O) groups is 1. The molecule has 2 heteroatoms. The maximum atomic E-state index is 12.4. The van der Waals surface area contributed by atoms with Crippen LogP contribution >= 0.6 is 0 Å². The van der Waals surface area contributed by atoms with Crippen molar-refractivity contribution in [2.45, 2.75) is 33.6 Å². The van der Waals surface area contributed by atoms with Crippen LogP contribution in [0.15, 0.2) is 18.2 Å². The molecule has 1 aromatic carbocycles. The van der Waals surface area contributed by atoms with Crippen molar-refractivity contribution in [1.82, 2.24) is 4.90 Å². The molecule has 1 fully saturated rings. The maximum absolute atomic E-state index is 12.4. The lowest BCUT2D eigenvalue weighted by Gasteiger charge is -2.31. The van der Waals surface area contributed by atoms with Gasteiger partial charge in [-0.2, -0.15) is 0 Å². The molecule has 0 saturated carbocycles. The second kappa shape index (κ2) is 4.91. The Morgan fingerprint density at radius 1 is 1.35 bits per heavy atom. The van der Waals surface area contributed by atoms with Crippen LogP contribution in [0.5, 0.6) is 0 Å². The van der Waals surface area contributed by atoms with Gasteiger partial charge in [0, 0.05) is 18.7 Å². The fraction of sp³-hybridized carbons (Fsp3) is 0.533. The van der Waals surface area contributed by atoms with Crippen molar-refractivity contribution >= 4 is 5.91 Å². The van der Waals surface area contributed by atoms with Gasteiger partial charge in [0.05, 0.1) is 0 Å². The number of amides is 1. The Hall–Kier alpha value is -1.31. The second-order valence-corrected chi connectivity index (χ2v) is 5.32. The third kappa shape index (κ3) is 2.68. The van der Waals surface area contributed by atoms with E-state index in [0.717, 1.165) is 30.6 Å². The standard InChI is InChI=1S/C15H21NO/c1-11-6-7-14(13(3)9-11)15(17)16-8-4-5-12(2)10-16/h6-7,9,12H,4-5,8,10H2,1-3H3. The van der Waals surface area contributed by atoms with Crippen LogP contribution in [0.2, 0.25) is 0 Å². The molecule has 1 aliphatic rings. The molecular formula is C15H21NO. The number of aryl methyl sites for hydroxylation is 2. The molecule has 0 N–H and O–H groups in total. The monoisotopic (exact) mass is 231 g/mol. The predicted octanol–water partition coefficient (Wildman–Crippen LogP) is 3.18. The van der Waals surface area contributed by atoms with Gasteiger partial charge in [0.25, 0.3) is 5.91 Å². The summed E-state index contributed by atoms with van der Waals surface area (Å²) in [4.78, 5) is 14.4. The highest BCUT2D eigenvalue weighted by molar-refractivity contribution is 5.95. The molecule has 0 bridgehead atoms. The molecule has 0 radical (unpaired) electrons. The Balaban J connectivity index is 2.18. The van der Waals surface area contributed by atoms with Gasteiger partial charge in [0.15, 0.2) is 0 Å². The third-order valence-corrected chi connectivity index (χ3v) is 3.56. The number of nitrogens with zero attached hydrogens (tertiary/aromatic N) is 1. The number of benzene rings is 1. The van der Waals surface area contributed by atoms with Crippen LogP contribution in [0.1, 0.15) is 41.3 Å². The molecule has 0 spiro atoms. The molecule has 1 heterocycles. The van der Waals surface area contributed by atoms with Crippen LogP contribution in [-0.4, -0.2) is 23.9 Å². The molecule has 1 unspecified atom stereocenters. The van der Waals surface area contributed by atoms with E-state index in [4.69, 9.17) is 0 Å². The first-order valence-corrected chi connectivity index (χ1v) is 6.44. The summed E-state index contributed by atoms with van der Waals surface area (Å²) in [6.45, 7) is 8.13. The number of hydrogen-bond donors (Lipinski definition) is 0. The summed E-state index contributed by atoms with van der Waals surface area (Å²) in [6.07, 6.45) is 2.38. The van der Waals surface area contributed by atoms with Gasteiger partial charge in [-0.3, -0.25) is 4.79 Å². The minimum Gasteiger partial charge on any atom is -0.338 e. The summed E-state index contributed by atoms with van der Waals surface area (Å²) in [5, 5.41) is 0. The Morgan fingerprint density at radius 3 is 2.76 bits per heavy atom. The van der Waals surface area contributed by atoms with E-state index in [1.165, 1.54) is 12.0 Å². The average Bonchev–Trinajstić information content (AvgIpc) is 2.28. The molecule has 1 aromatic rings. The van der Waals surface area contributed by atoms with Crippen molar-refractivity contribution < 1.29 is 4.79 Å². The second-order valence-electron chi connectivity index (χ2n) is 5.32. The van der Waals surface area contributed by atoms with Gasteiger partial charge in [-0.25, -0.2) is 0 Å². The fourth-order valence-corrected chi connectivity index (χ4v) is 2.60. The van der Waals surface area contributed by atoms with Gasteiger partial charge >= 0.3 is 0 Å². The van der Waals surface area contributed by atoms with E-state index >= 15 is 0 Å². The van der Waals surface area contributed by atoms with Crippen LogP contribution < -0.4 is 0 Å². The van der Waals surface area contributed by atoms with Crippen molar-refractivity contribution in [2.75, 3.05) is 13.1 Å². The van der Waals surface area contributed by atoms with Crippen molar-refractivity contribution in [3.8, 4) is 0 Å². The summed E-state index contributed by atoms with van der Waals surface area (Å²) in [5.74, 6) is 0.840. The number of hydrogen-bond acceptors (Lipinski definition) is 1. The summed E-state index contributed by atoms with van der Waals surface area (Å²) in [7, 11) is 0. The fourth-order valence-electron chi connectivity index (χ4n) is 2.60. The Labute approximate surface area is 104 Å². The summed E-state index contributed by atoms with van der Waals surface area (Å²) < 4.78 is 0. The zero-order valence-corrected chi connectivity index (χ0v) is 11.0. The van der Waals surface area contributed by atoms with E-state index in [2.05, 4.69) is 19.9 Å². The first-order valence-electron chi connectivity index (χ1n) is 6.44. The molecule has 1 atom stereocenters. The number of carbonyl (C=O) groups excluding carboxylic acids is 1. The van der Waals surface area contributed by atoms with Crippen LogP contribution in [0.3, 0.4) is 0 Å². The number of rotatable bonds is 1. The minimum atomic E-state index is 0.203. The Bertz CT molecular complexity index is 425. The minimum absolute atomic E-state index is 0.203. The predicted molar refractivity (Wildman–Crippen MR) is 70.2 cm³/mol. The molecule has 1 aliphatic heterocycles. The molecule has 1 saturated heterocycles. The number of piperidine rings is 1. The quantitative estimate of drug-likeness (QED) is 0.727. The first-order chi connectivity index (χ1) is 8.08. The summed E-state index contributed by atoms with van der Waals surface area (Å²) >= 11 is 0.